The molecule has 254 valence electrons. The molecule has 9 nitrogen and oxygen atoms in total. The van der Waals surface area contributed by atoms with Gasteiger partial charge < -0.3 is 39.4 Å². The lowest BCUT2D eigenvalue weighted by Gasteiger charge is -2.39. The Morgan fingerprint density at radius 2 is 1.39 bits per heavy atom. The fraction of sp³-hybridized carbons (Fsp3) is 0.743. The van der Waals surface area contributed by atoms with E-state index in [0.717, 1.165) is 57.8 Å². The molecule has 1 aliphatic heterocycles. The first-order valence-corrected chi connectivity index (χ1v) is 16.7. The van der Waals surface area contributed by atoms with Gasteiger partial charge in [-0.25, -0.2) is 0 Å². The van der Waals surface area contributed by atoms with Crippen LogP contribution in [0.15, 0.2) is 48.6 Å². The molecule has 1 fully saturated rings. The van der Waals surface area contributed by atoms with Crippen molar-refractivity contribution in [3.05, 3.63) is 48.6 Å². The van der Waals surface area contributed by atoms with E-state index in [0.29, 0.717) is 13.0 Å². The molecule has 0 saturated carbocycles. The zero-order chi connectivity index (χ0) is 32.3. The van der Waals surface area contributed by atoms with Crippen molar-refractivity contribution in [2.45, 2.75) is 141 Å². The predicted molar refractivity (Wildman–Crippen MR) is 173 cm³/mol. The van der Waals surface area contributed by atoms with Crippen LogP contribution in [0.5, 0.6) is 0 Å². The van der Waals surface area contributed by atoms with Gasteiger partial charge in [0.05, 0.1) is 19.8 Å². The Labute approximate surface area is 265 Å². The number of allylic oxidation sites excluding steroid dienone is 8. The third kappa shape index (κ3) is 19.5. The summed E-state index contributed by atoms with van der Waals surface area (Å²) in [4.78, 5) is 12.6. The van der Waals surface area contributed by atoms with Crippen LogP contribution in [0.3, 0.4) is 0 Å². The second kappa shape index (κ2) is 27.5. The van der Waals surface area contributed by atoms with Crippen LogP contribution in [0.25, 0.3) is 0 Å². The van der Waals surface area contributed by atoms with Crippen molar-refractivity contribution >= 4 is 5.97 Å². The minimum atomic E-state index is -1.54. The molecule has 1 aliphatic rings. The number of hydrogen-bond donors (Lipinski definition) is 4. The molecule has 9 heteroatoms. The second-order valence-electron chi connectivity index (χ2n) is 11.2. The maximum absolute atomic E-state index is 12.6. The number of esters is 1. The van der Waals surface area contributed by atoms with Gasteiger partial charge in [-0.2, -0.15) is 0 Å². The average Bonchev–Trinajstić information content (AvgIpc) is 3.02. The van der Waals surface area contributed by atoms with Crippen molar-refractivity contribution in [3.63, 3.8) is 0 Å². The number of hydrogen-bond acceptors (Lipinski definition) is 9. The van der Waals surface area contributed by atoms with E-state index in [9.17, 15) is 25.2 Å². The molecular weight excluding hydrogens is 564 g/mol. The minimum Gasteiger partial charge on any atom is -0.457 e. The summed E-state index contributed by atoms with van der Waals surface area (Å²) in [5.74, 6) is -0.360. The standard InChI is InChI=1S/C35H60O9/c1-3-5-7-9-11-12-13-14-15-16-17-18-19-20-22-24-31(37)43-29(27-41-25-23-21-10-8-6-4-2)28-42-35-34(40)33(39)32(38)30(26-36)44-35/h5,7,11-12,14-15,17-18,29-30,32-36,38-40H,3-4,6,8-10,13,16,19-28H2,1-2H3/b7-5-,12-11-,15-14-,18-17-. The van der Waals surface area contributed by atoms with Crippen molar-refractivity contribution < 1.29 is 44.2 Å². The predicted octanol–water partition coefficient (Wildman–Crippen LogP) is 5.46. The van der Waals surface area contributed by atoms with Gasteiger partial charge >= 0.3 is 5.97 Å². The van der Waals surface area contributed by atoms with E-state index in [1.807, 2.05) is 0 Å². The maximum atomic E-state index is 12.6. The molecular formula is C35H60O9. The molecule has 0 bridgehead atoms. The van der Waals surface area contributed by atoms with Gasteiger partial charge in [0, 0.05) is 13.0 Å². The van der Waals surface area contributed by atoms with E-state index in [1.165, 1.54) is 19.3 Å². The molecule has 0 aromatic rings. The summed E-state index contributed by atoms with van der Waals surface area (Å²) in [7, 11) is 0. The molecule has 0 radical (unpaired) electrons. The zero-order valence-electron chi connectivity index (χ0n) is 27.1. The summed E-state index contributed by atoms with van der Waals surface area (Å²) in [5, 5.41) is 39.7. The van der Waals surface area contributed by atoms with E-state index < -0.39 is 43.4 Å². The van der Waals surface area contributed by atoms with Crippen molar-refractivity contribution in [3.8, 4) is 0 Å². The highest BCUT2D eigenvalue weighted by Gasteiger charge is 2.44. The molecule has 6 atom stereocenters. The minimum absolute atomic E-state index is 0.125. The van der Waals surface area contributed by atoms with Gasteiger partial charge in [0.25, 0.3) is 0 Å². The van der Waals surface area contributed by atoms with Gasteiger partial charge in [0.1, 0.15) is 30.5 Å². The third-order valence-electron chi connectivity index (χ3n) is 7.26. The maximum Gasteiger partial charge on any atom is 0.306 e. The molecule has 1 rings (SSSR count). The molecule has 6 unspecified atom stereocenters. The lowest BCUT2D eigenvalue weighted by Crippen LogP contribution is -2.59. The number of carbonyl (C=O) groups is 1. The Kier molecular flexibility index (Phi) is 25.1. The van der Waals surface area contributed by atoms with E-state index >= 15 is 0 Å². The summed E-state index contributed by atoms with van der Waals surface area (Å²) in [6, 6.07) is 0. The Morgan fingerprint density at radius 1 is 0.750 bits per heavy atom. The lowest BCUT2D eigenvalue weighted by atomic mass is 9.99. The van der Waals surface area contributed by atoms with E-state index in [2.05, 4.69) is 62.5 Å². The molecule has 0 aliphatic carbocycles. The fourth-order valence-corrected chi connectivity index (χ4v) is 4.60. The molecule has 1 saturated heterocycles. The summed E-state index contributed by atoms with van der Waals surface area (Å²) >= 11 is 0. The Balaban J connectivity index is 2.39. The number of rotatable bonds is 26. The molecule has 0 spiro atoms. The summed E-state index contributed by atoms with van der Waals surface area (Å²) in [6.45, 7) is 4.29. The normalized spacial score (nSPS) is 23.5. The largest absolute Gasteiger partial charge is 0.457 e. The molecule has 1 heterocycles. The first kappa shape index (κ1) is 40.2. The van der Waals surface area contributed by atoms with Crippen LogP contribution in [-0.4, -0.2) is 89.6 Å². The highest BCUT2D eigenvalue weighted by atomic mass is 16.7. The topological polar surface area (TPSA) is 135 Å². The van der Waals surface area contributed by atoms with Gasteiger partial charge in [-0.3, -0.25) is 4.79 Å². The van der Waals surface area contributed by atoms with Crippen LogP contribution in [0.2, 0.25) is 0 Å². The van der Waals surface area contributed by atoms with Gasteiger partial charge in [0.2, 0.25) is 0 Å². The number of unbranched alkanes of at least 4 members (excludes halogenated alkanes) is 7. The van der Waals surface area contributed by atoms with Crippen LogP contribution in [0.4, 0.5) is 0 Å². The first-order valence-electron chi connectivity index (χ1n) is 16.7. The van der Waals surface area contributed by atoms with Gasteiger partial charge in [-0.05, 0) is 51.4 Å². The van der Waals surface area contributed by atoms with E-state index in [-0.39, 0.29) is 25.6 Å². The SMILES string of the molecule is CC/C=C\C/C=C\C/C=C\C/C=C\CCCCC(=O)OC(COCCCCCCCC)COC1OC(CO)C(O)C(O)C1O. The van der Waals surface area contributed by atoms with Crippen LogP contribution in [-0.2, 0) is 23.7 Å². The average molecular weight is 625 g/mol. The van der Waals surface area contributed by atoms with Crippen molar-refractivity contribution in [1.82, 2.24) is 0 Å². The third-order valence-corrected chi connectivity index (χ3v) is 7.26. The molecule has 44 heavy (non-hydrogen) atoms. The highest BCUT2D eigenvalue weighted by Crippen LogP contribution is 2.22. The molecule has 0 aromatic carbocycles. The number of aliphatic hydroxyl groups is 4. The smallest absolute Gasteiger partial charge is 0.306 e. The second-order valence-corrected chi connectivity index (χ2v) is 11.2. The lowest BCUT2D eigenvalue weighted by molar-refractivity contribution is -0.305. The number of aliphatic hydroxyl groups excluding tert-OH is 4. The fourth-order valence-electron chi connectivity index (χ4n) is 4.60. The van der Waals surface area contributed by atoms with E-state index in [4.69, 9.17) is 18.9 Å². The summed E-state index contributed by atoms with van der Waals surface area (Å²) in [5.41, 5.74) is 0. The van der Waals surface area contributed by atoms with Gasteiger partial charge in [-0.1, -0.05) is 94.6 Å². The monoisotopic (exact) mass is 624 g/mol. The quantitative estimate of drug-likeness (QED) is 0.0562. The summed E-state index contributed by atoms with van der Waals surface area (Å²) in [6.07, 6.45) is 23.0. The first-order chi connectivity index (χ1) is 21.4. The van der Waals surface area contributed by atoms with Gasteiger partial charge in [-0.15, -0.1) is 0 Å². The molecule has 0 aromatic heterocycles. The van der Waals surface area contributed by atoms with Crippen LogP contribution < -0.4 is 0 Å². The van der Waals surface area contributed by atoms with Crippen molar-refractivity contribution in [2.24, 2.45) is 0 Å². The Morgan fingerprint density at radius 3 is 2.05 bits per heavy atom. The number of ether oxygens (including phenoxy) is 4. The Hall–Kier alpha value is -1.85. The van der Waals surface area contributed by atoms with Crippen LogP contribution in [0, 0.1) is 0 Å². The van der Waals surface area contributed by atoms with Crippen molar-refractivity contribution in [2.75, 3.05) is 26.4 Å². The molecule has 0 amide bonds. The summed E-state index contributed by atoms with van der Waals surface area (Å²) < 4.78 is 22.4. The highest BCUT2D eigenvalue weighted by molar-refractivity contribution is 5.69. The Bertz CT molecular complexity index is 808. The van der Waals surface area contributed by atoms with Gasteiger partial charge in [0.15, 0.2) is 6.29 Å². The van der Waals surface area contributed by atoms with Crippen molar-refractivity contribution in [1.29, 1.82) is 0 Å². The van der Waals surface area contributed by atoms with Crippen LogP contribution in [0.1, 0.15) is 104 Å². The number of carbonyl (C=O) groups excluding carboxylic acids is 1. The van der Waals surface area contributed by atoms with E-state index in [1.54, 1.807) is 0 Å². The molecule has 4 N–H and O–H groups in total. The zero-order valence-corrected chi connectivity index (χ0v) is 27.1. The van der Waals surface area contributed by atoms with Crippen LogP contribution >= 0.6 is 0 Å².